The van der Waals surface area contributed by atoms with E-state index in [1.54, 1.807) is 30.4 Å². The molecule has 1 aliphatic carbocycles. The molecule has 0 radical (unpaired) electrons. The first kappa shape index (κ1) is 19.1. The highest BCUT2D eigenvalue weighted by atomic mass is 16.5. The van der Waals surface area contributed by atoms with Gasteiger partial charge in [-0.2, -0.15) is 5.10 Å². The topological polar surface area (TPSA) is 90.5 Å². The van der Waals surface area contributed by atoms with E-state index < -0.39 is 0 Å². The van der Waals surface area contributed by atoms with Gasteiger partial charge in [-0.05, 0) is 46.1 Å². The fourth-order valence-corrected chi connectivity index (χ4v) is 3.34. The maximum Gasteiger partial charge on any atom is 0.309 e. The van der Waals surface area contributed by atoms with Crippen LogP contribution in [0.25, 0.3) is 0 Å². The van der Waals surface area contributed by atoms with E-state index >= 15 is 0 Å². The van der Waals surface area contributed by atoms with Crippen LogP contribution in [0.5, 0.6) is 0 Å². The average Bonchev–Trinajstić information content (AvgIpc) is 3.20. The lowest BCUT2D eigenvalue weighted by molar-refractivity contribution is -0.145. The number of hydrogen-bond acceptors (Lipinski definition) is 6. The average molecular weight is 374 g/mol. The Kier molecular flexibility index (Phi) is 5.34. The number of esters is 1. The zero-order valence-electron chi connectivity index (χ0n) is 16.5. The number of rotatable bonds is 7. The molecular weight excluding hydrogens is 348 g/mol. The maximum atomic E-state index is 13.2. The molecule has 1 fully saturated rings. The van der Waals surface area contributed by atoms with Crippen LogP contribution in [0.1, 0.15) is 46.5 Å². The Bertz CT molecular complexity index is 815. The van der Waals surface area contributed by atoms with E-state index in [9.17, 15) is 9.59 Å². The van der Waals surface area contributed by atoms with E-state index in [4.69, 9.17) is 9.26 Å². The van der Waals surface area contributed by atoms with Crippen molar-refractivity contribution in [2.75, 3.05) is 13.2 Å². The summed E-state index contributed by atoms with van der Waals surface area (Å²) in [6, 6.07) is 1.96. The van der Waals surface area contributed by atoms with E-state index in [0.29, 0.717) is 36.7 Å². The zero-order chi connectivity index (χ0) is 19.7. The van der Waals surface area contributed by atoms with Gasteiger partial charge in [-0.3, -0.25) is 14.3 Å². The summed E-state index contributed by atoms with van der Waals surface area (Å²) < 4.78 is 12.0. The predicted molar refractivity (Wildman–Crippen MR) is 96.9 cm³/mol. The minimum absolute atomic E-state index is 0.110. The summed E-state index contributed by atoms with van der Waals surface area (Å²) in [5.74, 6) is 0.149. The van der Waals surface area contributed by atoms with Gasteiger partial charge in [0.05, 0.1) is 30.5 Å². The molecule has 2 aromatic rings. The van der Waals surface area contributed by atoms with Crippen molar-refractivity contribution in [3.8, 4) is 0 Å². The Balaban J connectivity index is 1.79. The van der Waals surface area contributed by atoms with Crippen molar-refractivity contribution in [2.24, 2.45) is 18.9 Å². The van der Waals surface area contributed by atoms with E-state index in [0.717, 1.165) is 17.8 Å². The van der Waals surface area contributed by atoms with E-state index in [1.165, 1.54) is 0 Å². The normalized spacial score (nSPS) is 18.4. The minimum Gasteiger partial charge on any atom is -0.466 e. The fraction of sp³-hybridized carbons (Fsp3) is 0.579. The highest BCUT2D eigenvalue weighted by molar-refractivity contribution is 5.96. The van der Waals surface area contributed by atoms with Crippen molar-refractivity contribution in [3.05, 3.63) is 34.5 Å². The van der Waals surface area contributed by atoms with Crippen molar-refractivity contribution in [2.45, 2.75) is 40.7 Å². The first-order valence-corrected chi connectivity index (χ1v) is 9.20. The zero-order valence-corrected chi connectivity index (χ0v) is 16.5. The number of aromatic nitrogens is 3. The van der Waals surface area contributed by atoms with Crippen LogP contribution in [0.2, 0.25) is 0 Å². The van der Waals surface area contributed by atoms with Crippen LogP contribution in [-0.4, -0.2) is 44.9 Å². The van der Waals surface area contributed by atoms with Crippen LogP contribution >= 0.6 is 0 Å². The van der Waals surface area contributed by atoms with Crippen molar-refractivity contribution >= 4 is 11.9 Å². The number of carbonyl (C=O) groups excluding carboxylic acids is 2. The first-order valence-electron chi connectivity index (χ1n) is 9.20. The third kappa shape index (κ3) is 4.04. The van der Waals surface area contributed by atoms with Gasteiger partial charge in [0.15, 0.2) is 0 Å². The molecule has 8 heteroatoms. The molecule has 1 aliphatic rings. The number of ether oxygens (including phenoxy) is 1. The molecule has 0 aliphatic heterocycles. The van der Waals surface area contributed by atoms with Crippen molar-refractivity contribution in [1.29, 1.82) is 0 Å². The van der Waals surface area contributed by atoms with Crippen molar-refractivity contribution in [3.63, 3.8) is 0 Å². The molecule has 0 spiro atoms. The Hall–Kier alpha value is -2.64. The van der Waals surface area contributed by atoms with Crippen LogP contribution in [-0.2, 0) is 23.1 Å². The van der Waals surface area contributed by atoms with Gasteiger partial charge in [-0.1, -0.05) is 5.16 Å². The lowest BCUT2D eigenvalue weighted by atomic mass is 10.1. The summed E-state index contributed by atoms with van der Waals surface area (Å²) in [4.78, 5) is 26.9. The van der Waals surface area contributed by atoms with Crippen LogP contribution < -0.4 is 0 Å². The summed E-state index contributed by atoms with van der Waals surface area (Å²) in [6.07, 6.45) is 0.742. The second-order valence-electron chi connectivity index (χ2n) is 7.14. The first-order chi connectivity index (χ1) is 12.8. The van der Waals surface area contributed by atoms with Gasteiger partial charge < -0.3 is 14.2 Å². The molecule has 1 amide bonds. The molecule has 8 nitrogen and oxygen atoms in total. The quantitative estimate of drug-likeness (QED) is 0.690. The Morgan fingerprint density at radius 3 is 2.67 bits per heavy atom. The smallest absolute Gasteiger partial charge is 0.309 e. The highest BCUT2D eigenvalue weighted by Gasteiger charge is 2.45. The standard InChI is InChI=1S/C19H26N4O4/c1-6-26-19(25)16-8-14(16)9-23(10-15-7-11(2)22(5)20-15)18(24)17-12(3)21-27-13(17)4/h7,14,16H,6,8-10H2,1-5H3/t14-,16+/m0/s1. The second-order valence-corrected chi connectivity index (χ2v) is 7.14. The Morgan fingerprint density at radius 2 is 2.11 bits per heavy atom. The van der Waals surface area contributed by atoms with Crippen LogP contribution in [0, 0.1) is 32.6 Å². The van der Waals surface area contributed by atoms with Gasteiger partial charge >= 0.3 is 5.97 Å². The Labute approximate surface area is 158 Å². The number of aryl methyl sites for hydroxylation is 4. The van der Waals surface area contributed by atoms with Crippen LogP contribution in [0.15, 0.2) is 10.6 Å². The van der Waals surface area contributed by atoms with Crippen LogP contribution in [0.4, 0.5) is 0 Å². The molecular formula is C19H26N4O4. The van der Waals surface area contributed by atoms with Gasteiger partial charge in [0.25, 0.3) is 5.91 Å². The summed E-state index contributed by atoms with van der Waals surface area (Å²) >= 11 is 0. The van der Waals surface area contributed by atoms with E-state index in [2.05, 4.69) is 10.3 Å². The number of hydrogen-bond donors (Lipinski definition) is 0. The minimum atomic E-state index is -0.180. The molecule has 0 saturated heterocycles. The van der Waals surface area contributed by atoms with Gasteiger partial charge in [-0.25, -0.2) is 0 Å². The molecule has 2 heterocycles. The molecule has 2 aromatic heterocycles. The molecule has 0 bridgehead atoms. The summed E-state index contributed by atoms with van der Waals surface area (Å²) in [7, 11) is 1.87. The molecule has 146 valence electrons. The maximum absolute atomic E-state index is 13.2. The van der Waals surface area contributed by atoms with Crippen molar-refractivity contribution < 1.29 is 18.8 Å². The Morgan fingerprint density at radius 1 is 1.37 bits per heavy atom. The largest absolute Gasteiger partial charge is 0.466 e. The van der Waals surface area contributed by atoms with Crippen LogP contribution in [0.3, 0.4) is 0 Å². The fourth-order valence-electron chi connectivity index (χ4n) is 3.34. The molecule has 0 unspecified atom stereocenters. The monoisotopic (exact) mass is 374 g/mol. The van der Waals surface area contributed by atoms with Gasteiger partial charge in [0.1, 0.15) is 11.3 Å². The molecule has 3 rings (SSSR count). The SMILES string of the molecule is CCOC(=O)[C@@H]1C[C@H]1CN(Cc1cc(C)n(C)n1)C(=O)c1c(C)noc1C. The van der Waals surface area contributed by atoms with Gasteiger partial charge in [0.2, 0.25) is 0 Å². The van der Waals surface area contributed by atoms with Crippen molar-refractivity contribution in [1.82, 2.24) is 19.8 Å². The number of amides is 1. The molecule has 2 atom stereocenters. The number of nitrogens with zero attached hydrogens (tertiary/aromatic N) is 4. The van der Waals surface area contributed by atoms with Gasteiger partial charge in [-0.15, -0.1) is 0 Å². The van der Waals surface area contributed by atoms with E-state index in [-0.39, 0.29) is 23.7 Å². The molecule has 0 aromatic carbocycles. The summed E-state index contributed by atoms with van der Waals surface area (Å²) in [6.45, 7) is 8.47. The van der Waals surface area contributed by atoms with E-state index in [1.807, 2.05) is 20.0 Å². The molecule has 1 saturated carbocycles. The third-order valence-corrected chi connectivity index (χ3v) is 5.02. The summed E-state index contributed by atoms with van der Waals surface area (Å²) in [5, 5.41) is 8.35. The number of carbonyl (C=O) groups is 2. The summed E-state index contributed by atoms with van der Waals surface area (Å²) in [5.41, 5.74) is 2.88. The molecule has 0 N–H and O–H groups in total. The predicted octanol–water partition coefficient (Wildman–Crippen LogP) is 2.17. The lowest BCUT2D eigenvalue weighted by Crippen LogP contribution is -2.34. The highest BCUT2D eigenvalue weighted by Crippen LogP contribution is 2.40. The molecule has 27 heavy (non-hydrogen) atoms. The third-order valence-electron chi connectivity index (χ3n) is 5.02. The second kappa shape index (κ2) is 7.54. The van der Waals surface area contributed by atoms with Gasteiger partial charge in [0, 0.05) is 19.3 Å². The lowest BCUT2D eigenvalue weighted by Gasteiger charge is -2.22.